The van der Waals surface area contributed by atoms with Crippen molar-refractivity contribution in [1.29, 1.82) is 0 Å². The molecule has 1 aliphatic rings. The number of carbonyl (C=O) groups is 1. The molecule has 124 valence electrons. The zero-order valence-electron chi connectivity index (χ0n) is 13.5. The number of aromatic nitrogens is 1. The van der Waals surface area contributed by atoms with Crippen molar-refractivity contribution in [1.82, 2.24) is 15.2 Å². The van der Waals surface area contributed by atoms with Crippen LogP contribution in [0.2, 0.25) is 0 Å². The van der Waals surface area contributed by atoms with E-state index in [-0.39, 0.29) is 6.03 Å². The maximum atomic E-state index is 12.1. The van der Waals surface area contributed by atoms with Gasteiger partial charge in [0.05, 0.1) is 0 Å². The molecule has 6 nitrogen and oxygen atoms in total. The van der Waals surface area contributed by atoms with Gasteiger partial charge in [-0.3, -0.25) is 0 Å². The summed E-state index contributed by atoms with van der Waals surface area (Å²) in [5.41, 5.74) is 1.74. The minimum absolute atomic E-state index is 0.0112. The Morgan fingerprint density at radius 3 is 2.91 bits per heavy atom. The zero-order chi connectivity index (χ0) is 16.1. The van der Waals surface area contributed by atoms with Crippen LogP contribution in [0.25, 0.3) is 11.1 Å². The number of para-hydroxylation sites is 2. The van der Waals surface area contributed by atoms with E-state index in [0.29, 0.717) is 19.1 Å². The van der Waals surface area contributed by atoms with E-state index < -0.39 is 0 Å². The van der Waals surface area contributed by atoms with Crippen LogP contribution in [-0.2, 0) is 4.74 Å². The highest BCUT2D eigenvalue weighted by Gasteiger charge is 2.26. The van der Waals surface area contributed by atoms with Crippen molar-refractivity contribution in [3.8, 4) is 0 Å². The number of carbonyl (C=O) groups excluding carboxylic acids is 1. The van der Waals surface area contributed by atoms with Gasteiger partial charge in [-0.15, -0.1) is 0 Å². The van der Waals surface area contributed by atoms with Crippen LogP contribution in [0.15, 0.2) is 28.7 Å². The van der Waals surface area contributed by atoms with E-state index in [1.54, 1.807) is 7.11 Å². The largest absolute Gasteiger partial charge is 0.440 e. The minimum atomic E-state index is 0.0112. The molecule has 0 unspecified atom stereocenters. The van der Waals surface area contributed by atoms with Crippen molar-refractivity contribution in [2.45, 2.75) is 25.2 Å². The predicted octanol–water partition coefficient (Wildman–Crippen LogP) is 2.75. The molecule has 0 aliphatic carbocycles. The highest BCUT2D eigenvalue weighted by molar-refractivity contribution is 5.74. The van der Waals surface area contributed by atoms with Gasteiger partial charge in [-0.25, -0.2) is 9.78 Å². The van der Waals surface area contributed by atoms with Crippen LogP contribution in [0.4, 0.5) is 4.79 Å². The smallest absolute Gasteiger partial charge is 0.317 e. The molecule has 1 aromatic heterocycles. The molecule has 1 aromatic carbocycles. The first kappa shape index (κ1) is 15.8. The van der Waals surface area contributed by atoms with Gasteiger partial charge in [0.25, 0.3) is 0 Å². The maximum Gasteiger partial charge on any atom is 0.317 e. The van der Waals surface area contributed by atoms with Crippen LogP contribution in [0.1, 0.15) is 31.1 Å². The maximum absolute atomic E-state index is 12.1. The van der Waals surface area contributed by atoms with Crippen LogP contribution in [0, 0.1) is 0 Å². The summed E-state index contributed by atoms with van der Waals surface area (Å²) < 4.78 is 10.8. The van der Waals surface area contributed by atoms with Gasteiger partial charge in [0.2, 0.25) is 0 Å². The summed E-state index contributed by atoms with van der Waals surface area (Å²) in [6.07, 6.45) is 2.61. The third-order valence-electron chi connectivity index (χ3n) is 4.24. The normalized spacial score (nSPS) is 16.0. The molecule has 0 saturated carbocycles. The standard InChI is InChI=1S/C17H23N3O3/c1-22-12-4-9-18-17(21)20-10-7-13(8-11-20)16-19-14-5-2-3-6-15(14)23-16/h2-3,5-6,13H,4,7-12H2,1H3,(H,18,21). The van der Waals surface area contributed by atoms with Crippen molar-refractivity contribution in [3.05, 3.63) is 30.2 Å². The van der Waals surface area contributed by atoms with Crippen molar-refractivity contribution in [2.24, 2.45) is 0 Å². The van der Waals surface area contributed by atoms with Crippen LogP contribution in [-0.4, -0.2) is 49.3 Å². The number of oxazole rings is 1. The summed E-state index contributed by atoms with van der Waals surface area (Å²) in [5, 5.41) is 2.93. The van der Waals surface area contributed by atoms with Crippen LogP contribution in [0.3, 0.4) is 0 Å². The van der Waals surface area contributed by atoms with E-state index >= 15 is 0 Å². The number of nitrogens with zero attached hydrogens (tertiary/aromatic N) is 2. The molecular formula is C17H23N3O3. The summed E-state index contributed by atoms with van der Waals surface area (Å²) in [6, 6.07) is 7.83. The topological polar surface area (TPSA) is 67.6 Å². The Balaban J connectivity index is 1.50. The van der Waals surface area contributed by atoms with Crippen molar-refractivity contribution < 1.29 is 13.9 Å². The molecule has 6 heteroatoms. The molecule has 2 amide bonds. The second-order valence-corrected chi connectivity index (χ2v) is 5.86. The number of piperidine rings is 1. The number of rotatable bonds is 5. The molecule has 1 fully saturated rings. The highest BCUT2D eigenvalue weighted by Crippen LogP contribution is 2.29. The number of nitrogens with one attached hydrogen (secondary N) is 1. The van der Waals surface area contributed by atoms with E-state index in [0.717, 1.165) is 49.3 Å². The van der Waals surface area contributed by atoms with Gasteiger partial charge >= 0.3 is 6.03 Å². The third kappa shape index (κ3) is 3.82. The van der Waals surface area contributed by atoms with Crippen LogP contribution < -0.4 is 5.32 Å². The minimum Gasteiger partial charge on any atom is -0.440 e. The Labute approximate surface area is 135 Å². The second-order valence-electron chi connectivity index (χ2n) is 5.86. The fraction of sp³-hybridized carbons (Fsp3) is 0.529. The van der Waals surface area contributed by atoms with Gasteiger partial charge in [0, 0.05) is 39.3 Å². The van der Waals surface area contributed by atoms with Crippen molar-refractivity contribution in [2.75, 3.05) is 33.4 Å². The molecule has 1 aliphatic heterocycles. The number of amides is 2. The third-order valence-corrected chi connectivity index (χ3v) is 4.24. The fourth-order valence-electron chi connectivity index (χ4n) is 2.92. The van der Waals surface area contributed by atoms with E-state index in [1.807, 2.05) is 29.2 Å². The van der Waals surface area contributed by atoms with Gasteiger partial charge in [-0.2, -0.15) is 0 Å². The van der Waals surface area contributed by atoms with E-state index in [9.17, 15) is 4.79 Å². The average molecular weight is 317 g/mol. The number of hydrogen-bond donors (Lipinski definition) is 1. The Kier molecular flexibility index (Phi) is 5.12. The Hall–Kier alpha value is -2.08. The lowest BCUT2D eigenvalue weighted by molar-refractivity contribution is 0.172. The van der Waals surface area contributed by atoms with Gasteiger partial charge in [0.15, 0.2) is 11.5 Å². The Bertz CT molecular complexity index is 614. The van der Waals surface area contributed by atoms with E-state index in [4.69, 9.17) is 9.15 Å². The van der Waals surface area contributed by atoms with E-state index in [1.165, 1.54) is 0 Å². The monoisotopic (exact) mass is 317 g/mol. The summed E-state index contributed by atoms with van der Waals surface area (Å²) >= 11 is 0. The van der Waals surface area contributed by atoms with Crippen LogP contribution in [0.5, 0.6) is 0 Å². The molecule has 1 N–H and O–H groups in total. The highest BCUT2D eigenvalue weighted by atomic mass is 16.5. The molecule has 2 heterocycles. The lowest BCUT2D eigenvalue weighted by Crippen LogP contribution is -2.44. The lowest BCUT2D eigenvalue weighted by Gasteiger charge is -2.30. The predicted molar refractivity (Wildman–Crippen MR) is 87.4 cm³/mol. The number of fused-ring (bicyclic) bond motifs is 1. The van der Waals surface area contributed by atoms with Crippen molar-refractivity contribution in [3.63, 3.8) is 0 Å². The van der Waals surface area contributed by atoms with Crippen LogP contribution >= 0.6 is 0 Å². The summed E-state index contributed by atoms with van der Waals surface area (Å²) in [6.45, 7) is 2.79. The molecular weight excluding hydrogens is 294 g/mol. The Morgan fingerprint density at radius 1 is 1.39 bits per heavy atom. The number of benzene rings is 1. The molecule has 0 radical (unpaired) electrons. The SMILES string of the molecule is COCCCNC(=O)N1CCC(c2nc3ccccc3o2)CC1. The zero-order valence-corrected chi connectivity index (χ0v) is 13.5. The molecule has 0 atom stereocenters. The molecule has 0 bridgehead atoms. The summed E-state index contributed by atoms with van der Waals surface area (Å²) in [5.74, 6) is 1.09. The van der Waals surface area contributed by atoms with Gasteiger partial charge in [-0.05, 0) is 31.4 Å². The van der Waals surface area contributed by atoms with Gasteiger partial charge in [-0.1, -0.05) is 12.1 Å². The van der Waals surface area contributed by atoms with Gasteiger partial charge < -0.3 is 19.4 Å². The van der Waals surface area contributed by atoms with E-state index in [2.05, 4.69) is 10.3 Å². The number of hydrogen-bond acceptors (Lipinski definition) is 4. The Morgan fingerprint density at radius 2 is 2.17 bits per heavy atom. The first-order valence-electron chi connectivity index (χ1n) is 8.15. The molecule has 3 rings (SSSR count). The molecule has 23 heavy (non-hydrogen) atoms. The van der Waals surface area contributed by atoms with Crippen molar-refractivity contribution >= 4 is 17.1 Å². The average Bonchev–Trinajstić information content (AvgIpc) is 3.03. The number of urea groups is 1. The second kappa shape index (κ2) is 7.46. The lowest BCUT2D eigenvalue weighted by atomic mass is 9.97. The first-order chi connectivity index (χ1) is 11.3. The number of methoxy groups -OCH3 is 1. The molecule has 0 spiro atoms. The number of likely N-dealkylation sites (tertiary alicyclic amines) is 1. The fourth-order valence-corrected chi connectivity index (χ4v) is 2.92. The first-order valence-corrected chi connectivity index (χ1v) is 8.15. The summed E-state index contributed by atoms with van der Waals surface area (Å²) in [7, 11) is 1.67. The molecule has 1 saturated heterocycles. The van der Waals surface area contributed by atoms with Gasteiger partial charge in [0.1, 0.15) is 5.52 Å². The quantitative estimate of drug-likeness (QED) is 0.861. The molecule has 2 aromatic rings. The number of ether oxygens (including phenoxy) is 1. The summed E-state index contributed by atoms with van der Waals surface area (Å²) in [4.78, 5) is 18.5.